The lowest BCUT2D eigenvalue weighted by atomic mass is 10.2. The molecule has 128 valence electrons. The smallest absolute Gasteiger partial charge is 0.229 e. The molecule has 0 unspecified atom stereocenters. The van der Waals surface area contributed by atoms with Crippen LogP contribution in [0.2, 0.25) is 0 Å². The van der Waals surface area contributed by atoms with Crippen LogP contribution >= 0.6 is 0 Å². The maximum absolute atomic E-state index is 4.59. The first-order valence-electron chi connectivity index (χ1n) is 8.36. The molecule has 0 fully saturated rings. The highest BCUT2D eigenvalue weighted by Gasteiger charge is 2.05. The van der Waals surface area contributed by atoms with Crippen molar-refractivity contribution in [3.8, 4) is 0 Å². The summed E-state index contributed by atoms with van der Waals surface area (Å²) in [5.74, 6) is 1.35. The number of anilines is 3. The SMILES string of the molecule is Cc1cnc(Nc2ccc3ncccc3c2)nc1NCc1cccnc1. The highest BCUT2D eigenvalue weighted by atomic mass is 15.1. The fourth-order valence-corrected chi connectivity index (χ4v) is 2.65. The summed E-state index contributed by atoms with van der Waals surface area (Å²) in [6.45, 7) is 2.64. The predicted octanol–water partition coefficient (Wildman–Crippen LogP) is 4.08. The van der Waals surface area contributed by atoms with Crippen molar-refractivity contribution in [1.82, 2.24) is 19.9 Å². The largest absolute Gasteiger partial charge is 0.366 e. The average molecular weight is 342 g/mol. The van der Waals surface area contributed by atoms with Crippen LogP contribution in [0.4, 0.5) is 17.5 Å². The standard InChI is InChI=1S/C20H18N6/c1-14-11-24-20(26-19(14)23-13-15-4-2-8-21-12-15)25-17-6-7-18-16(10-17)5-3-9-22-18/h2-12H,13H2,1H3,(H2,23,24,25,26). The lowest BCUT2D eigenvalue weighted by Crippen LogP contribution is -2.06. The normalized spacial score (nSPS) is 10.7. The van der Waals surface area contributed by atoms with Crippen molar-refractivity contribution >= 4 is 28.4 Å². The molecule has 0 bridgehead atoms. The molecule has 4 aromatic rings. The van der Waals surface area contributed by atoms with Gasteiger partial charge in [0.05, 0.1) is 5.52 Å². The molecule has 3 aromatic heterocycles. The van der Waals surface area contributed by atoms with Gasteiger partial charge in [0.1, 0.15) is 5.82 Å². The molecule has 3 heterocycles. The van der Waals surface area contributed by atoms with Gasteiger partial charge in [-0.1, -0.05) is 12.1 Å². The summed E-state index contributed by atoms with van der Waals surface area (Å²) in [4.78, 5) is 17.4. The molecule has 26 heavy (non-hydrogen) atoms. The first-order valence-corrected chi connectivity index (χ1v) is 8.36. The van der Waals surface area contributed by atoms with Gasteiger partial charge in [-0.25, -0.2) is 4.98 Å². The lowest BCUT2D eigenvalue weighted by molar-refractivity contribution is 1.05. The summed E-state index contributed by atoms with van der Waals surface area (Å²) in [6.07, 6.45) is 7.20. The third kappa shape index (κ3) is 3.59. The van der Waals surface area contributed by atoms with E-state index in [-0.39, 0.29) is 0 Å². The van der Waals surface area contributed by atoms with Gasteiger partial charge in [-0.05, 0) is 42.8 Å². The fourth-order valence-electron chi connectivity index (χ4n) is 2.65. The second-order valence-electron chi connectivity index (χ2n) is 5.98. The zero-order valence-electron chi connectivity index (χ0n) is 14.3. The van der Waals surface area contributed by atoms with E-state index in [1.807, 2.05) is 61.8 Å². The number of nitrogens with zero attached hydrogens (tertiary/aromatic N) is 4. The topological polar surface area (TPSA) is 75.6 Å². The fraction of sp³-hybridized carbons (Fsp3) is 0.100. The van der Waals surface area contributed by atoms with Gasteiger partial charge in [-0.2, -0.15) is 4.98 Å². The van der Waals surface area contributed by atoms with E-state index in [4.69, 9.17) is 0 Å². The Morgan fingerprint density at radius 3 is 2.77 bits per heavy atom. The number of rotatable bonds is 5. The van der Waals surface area contributed by atoms with Gasteiger partial charge in [0.2, 0.25) is 5.95 Å². The van der Waals surface area contributed by atoms with Crippen LogP contribution in [-0.4, -0.2) is 19.9 Å². The van der Waals surface area contributed by atoms with E-state index in [0.717, 1.165) is 33.5 Å². The quantitative estimate of drug-likeness (QED) is 0.569. The summed E-state index contributed by atoms with van der Waals surface area (Å²) in [7, 11) is 0. The van der Waals surface area contributed by atoms with Crippen LogP contribution in [0.3, 0.4) is 0 Å². The van der Waals surface area contributed by atoms with Crippen LogP contribution in [0.5, 0.6) is 0 Å². The van der Waals surface area contributed by atoms with Gasteiger partial charge in [0, 0.05) is 48.0 Å². The van der Waals surface area contributed by atoms with Crippen LogP contribution < -0.4 is 10.6 Å². The number of nitrogens with one attached hydrogen (secondary N) is 2. The van der Waals surface area contributed by atoms with E-state index >= 15 is 0 Å². The highest BCUT2D eigenvalue weighted by molar-refractivity contribution is 5.82. The lowest BCUT2D eigenvalue weighted by Gasteiger charge is -2.11. The first-order chi connectivity index (χ1) is 12.8. The number of benzene rings is 1. The molecule has 6 heteroatoms. The van der Waals surface area contributed by atoms with E-state index < -0.39 is 0 Å². The summed E-state index contributed by atoms with van der Waals surface area (Å²) in [5.41, 5.74) is 3.97. The number of pyridine rings is 2. The van der Waals surface area contributed by atoms with Crippen molar-refractivity contribution in [3.05, 3.63) is 78.4 Å². The molecule has 1 aromatic carbocycles. The molecule has 0 atom stereocenters. The Bertz CT molecular complexity index is 1030. The van der Waals surface area contributed by atoms with Gasteiger partial charge in [-0.15, -0.1) is 0 Å². The second-order valence-corrected chi connectivity index (χ2v) is 5.98. The molecular weight excluding hydrogens is 324 g/mol. The molecule has 0 radical (unpaired) electrons. The summed E-state index contributed by atoms with van der Waals surface area (Å²) in [5, 5.41) is 7.67. The maximum atomic E-state index is 4.59. The Morgan fingerprint density at radius 1 is 0.962 bits per heavy atom. The highest BCUT2D eigenvalue weighted by Crippen LogP contribution is 2.21. The van der Waals surface area contributed by atoms with Crippen LogP contribution in [0.15, 0.2) is 67.3 Å². The Morgan fingerprint density at radius 2 is 1.88 bits per heavy atom. The molecular formula is C20H18N6. The van der Waals surface area contributed by atoms with Crippen molar-refractivity contribution in [2.45, 2.75) is 13.5 Å². The molecule has 0 aliphatic carbocycles. The van der Waals surface area contributed by atoms with Crippen molar-refractivity contribution in [2.24, 2.45) is 0 Å². The Kier molecular flexibility index (Phi) is 4.38. The third-order valence-corrected chi connectivity index (χ3v) is 4.01. The van der Waals surface area contributed by atoms with Gasteiger partial charge in [0.15, 0.2) is 0 Å². The zero-order valence-corrected chi connectivity index (χ0v) is 14.3. The molecule has 0 aliphatic rings. The Hall–Kier alpha value is -3.54. The number of aryl methyl sites for hydroxylation is 1. The van der Waals surface area contributed by atoms with Crippen molar-refractivity contribution in [2.75, 3.05) is 10.6 Å². The second kappa shape index (κ2) is 7.14. The van der Waals surface area contributed by atoms with E-state index in [0.29, 0.717) is 12.5 Å². The number of hydrogen-bond acceptors (Lipinski definition) is 6. The molecule has 0 spiro atoms. The van der Waals surface area contributed by atoms with Crippen LogP contribution in [0.25, 0.3) is 10.9 Å². The first kappa shape index (κ1) is 16.0. The molecule has 0 saturated carbocycles. The van der Waals surface area contributed by atoms with Crippen molar-refractivity contribution in [1.29, 1.82) is 0 Å². The van der Waals surface area contributed by atoms with Crippen molar-refractivity contribution in [3.63, 3.8) is 0 Å². The number of aromatic nitrogens is 4. The van der Waals surface area contributed by atoms with Crippen LogP contribution in [0.1, 0.15) is 11.1 Å². The summed E-state index contributed by atoms with van der Waals surface area (Å²) >= 11 is 0. The van der Waals surface area contributed by atoms with Crippen LogP contribution in [0, 0.1) is 6.92 Å². The number of hydrogen-bond donors (Lipinski definition) is 2. The molecule has 2 N–H and O–H groups in total. The molecule has 6 nitrogen and oxygen atoms in total. The van der Waals surface area contributed by atoms with E-state index in [1.54, 1.807) is 12.4 Å². The molecule has 4 rings (SSSR count). The summed E-state index contributed by atoms with van der Waals surface area (Å²) in [6, 6.07) is 13.9. The Balaban J connectivity index is 1.53. The monoisotopic (exact) mass is 342 g/mol. The minimum absolute atomic E-state index is 0.549. The predicted molar refractivity (Wildman–Crippen MR) is 103 cm³/mol. The maximum Gasteiger partial charge on any atom is 0.229 e. The Labute approximate surface area is 151 Å². The minimum Gasteiger partial charge on any atom is -0.366 e. The zero-order chi connectivity index (χ0) is 17.8. The van der Waals surface area contributed by atoms with Gasteiger partial charge >= 0.3 is 0 Å². The van der Waals surface area contributed by atoms with E-state index in [1.165, 1.54) is 0 Å². The third-order valence-electron chi connectivity index (χ3n) is 4.01. The van der Waals surface area contributed by atoms with Crippen LogP contribution in [-0.2, 0) is 6.54 Å². The van der Waals surface area contributed by atoms with E-state index in [2.05, 4.69) is 30.6 Å². The summed E-state index contributed by atoms with van der Waals surface area (Å²) < 4.78 is 0. The molecule has 0 amide bonds. The van der Waals surface area contributed by atoms with Gasteiger partial charge < -0.3 is 10.6 Å². The average Bonchev–Trinajstić information content (AvgIpc) is 2.69. The van der Waals surface area contributed by atoms with Gasteiger partial charge in [0.25, 0.3) is 0 Å². The van der Waals surface area contributed by atoms with Crippen molar-refractivity contribution < 1.29 is 0 Å². The number of fused-ring (bicyclic) bond motifs is 1. The molecule has 0 saturated heterocycles. The minimum atomic E-state index is 0.549. The van der Waals surface area contributed by atoms with E-state index in [9.17, 15) is 0 Å². The molecule has 0 aliphatic heterocycles. The van der Waals surface area contributed by atoms with Gasteiger partial charge in [-0.3, -0.25) is 9.97 Å².